The summed E-state index contributed by atoms with van der Waals surface area (Å²) in [5.74, 6) is 0. The highest BCUT2D eigenvalue weighted by Crippen LogP contribution is 2.21. The summed E-state index contributed by atoms with van der Waals surface area (Å²) >= 11 is 0. The van der Waals surface area contributed by atoms with Crippen LogP contribution in [0.5, 0.6) is 0 Å². The first-order chi connectivity index (χ1) is 7.15. The van der Waals surface area contributed by atoms with Gasteiger partial charge in [-0.25, -0.2) is 0 Å². The number of hydrogen-bond donors (Lipinski definition) is 3. The van der Waals surface area contributed by atoms with E-state index in [4.69, 9.17) is 11.5 Å². The Bertz CT molecular complexity index is 311. The van der Waals surface area contributed by atoms with Gasteiger partial charge < -0.3 is 21.7 Å². The Morgan fingerprint density at radius 2 is 2.00 bits per heavy atom. The number of nitrogens with two attached hydrogens (primary N) is 2. The zero-order chi connectivity index (χ0) is 11.3. The summed E-state index contributed by atoms with van der Waals surface area (Å²) in [6.07, 6.45) is 1.11. The summed E-state index contributed by atoms with van der Waals surface area (Å²) in [6, 6.07) is 5.75. The van der Waals surface area contributed by atoms with E-state index in [0.717, 1.165) is 25.2 Å². The molecular formula is C11H20N4. The number of rotatable bonds is 5. The largest absolute Gasteiger partial charge is 0.397 e. The zero-order valence-corrected chi connectivity index (χ0v) is 9.46. The predicted octanol–water partition coefficient (Wildman–Crippen LogP) is 0.897. The molecule has 84 valence electrons. The highest BCUT2D eigenvalue weighted by atomic mass is 15.1. The van der Waals surface area contributed by atoms with Gasteiger partial charge >= 0.3 is 0 Å². The Morgan fingerprint density at radius 1 is 1.27 bits per heavy atom. The highest BCUT2D eigenvalue weighted by molar-refractivity contribution is 5.69. The Balaban J connectivity index is 2.57. The number of anilines is 3. The average Bonchev–Trinajstić information content (AvgIpc) is 2.22. The molecule has 4 heteroatoms. The van der Waals surface area contributed by atoms with E-state index >= 15 is 0 Å². The number of nitrogen functional groups attached to an aromatic ring is 2. The van der Waals surface area contributed by atoms with Crippen molar-refractivity contribution in [3.05, 3.63) is 18.2 Å². The zero-order valence-electron chi connectivity index (χ0n) is 9.46. The van der Waals surface area contributed by atoms with Crippen LogP contribution in [0.15, 0.2) is 18.2 Å². The first kappa shape index (κ1) is 11.7. The van der Waals surface area contributed by atoms with Crippen LogP contribution in [0.25, 0.3) is 0 Å². The normalized spacial score (nSPS) is 10.3. The molecular weight excluding hydrogens is 188 g/mol. The lowest BCUT2D eigenvalue weighted by atomic mass is 10.2. The van der Waals surface area contributed by atoms with Crippen LogP contribution in [0.4, 0.5) is 17.1 Å². The Morgan fingerprint density at radius 3 is 2.60 bits per heavy atom. The minimum absolute atomic E-state index is 0.641. The number of nitrogens with one attached hydrogen (secondary N) is 1. The molecule has 1 aromatic rings. The molecule has 15 heavy (non-hydrogen) atoms. The highest BCUT2D eigenvalue weighted by Gasteiger charge is 2.02. The van der Waals surface area contributed by atoms with Crippen molar-refractivity contribution in [3.8, 4) is 0 Å². The molecule has 0 amide bonds. The van der Waals surface area contributed by atoms with Gasteiger partial charge in [-0.1, -0.05) is 0 Å². The number of benzene rings is 1. The fraction of sp³-hybridized carbons (Fsp3) is 0.455. The third-order valence-electron chi connectivity index (χ3n) is 2.43. The molecule has 5 N–H and O–H groups in total. The molecule has 0 saturated heterocycles. The molecule has 1 aromatic carbocycles. The molecule has 0 fully saturated rings. The smallest absolute Gasteiger partial charge is 0.0568 e. The van der Waals surface area contributed by atoms with Gasteiger partial charge in [0.1, 0.15) is 0 Å². The third-order valence-corrected chi connectivity index (χ3v) is 2.43. The predicted molar refractivity (Wildman–Crippen MR) is 67.1 cm³/mol. The Hall–Kier alpha value is -1.42. The minimum atomic E-state index is 0.641. The van der Waals surface area contributed by atoms with Crippen molar-refractivity contribution >= 4 is 17.1 Å². The third kappa shape index (κ3) is 3.32. The molecule has 0 atom stereocenters. The van der Waals surface area contributed by atoms with Crippen LogP contribution in [0, 0.1) is 0 Å². The summed E-state index contributed by atoms with van der Waals surface area (Å²) in [6.45, 7) is 2.03. The van der Waals surface area contributed by atoms with Crippen molar-refractivity contribution in [1.29, 1.82) is 0 Å². The second-order valence-electron chi connectivity index (χ2n) is 3.69. The molecule has 0 aromatic heterocycles. The van der Waals surface area contributed by atoms with Gasteiger partial charge in [0.15, 0.2) is 0 Å². The first-order valence-corrected chi connectivity index (χ1v) is 5.16. The summed E-state index contributed by atoms with van der Waals surface area (Å²) in [4.78, 5) is 2.17. The van der Waals surface area contributed by atoms with Gasteiger partial charge in [-0.2, -0.15) is 0 Å². The van der Waals surface area contributed by atoms with E-state index < -0.39 is 0 Å². The van der Waals surface area contributed by atoms with E-state index in [2.05, 4.69) is 17.3 Å². The second-order valence-corrected chi connectivity index (χ2v) is 3.69. The van der Waals surface area contributed by atoms with Gasteiger partial charge in [0.05, 0.1) is 11.4 Å². The maximum absolute atomic E-state index is 5.75. The maximum Gasteiger partial charge on any atom is 0.0568 e. The molecule has 0 saturated carbocycles. The summed E-state index contributed by atoms with van der Waals surface area (Å²) in [7, 11) is 4.02. The van der Waals surface area contributed by atoms with E-state index in [9.17, 15) is 0 Å². The number of hydrogen-bond acceptors (Lipinski definition) is 4. The maximum atomic E-state index is 5.75. The molecule has 0 aliphatic carbocycles. The van der Waals surface area contributed by atoms with E-state index in [1.54, 1.807) is 0 Å². The molecule has 0 unspecified atom stereocenters. The molecule has 0 aliphatic rings. The van der Waals surface area contributed by atoms with Crippen LogP contribution in [-0.4, -0.2) is 27.2 Å². The lowest BCUT2D eigenvalue weighted by Crippen LogP contribution is -2.22. The van der Waals surface area contributed by atoms with Gasteiger partial charge in [0.25, 0.3) is 0 Å². The van der Waals surface area contributed by atoms with Gasteiger partial charge in [0, 0.05) is 19.3 Å². The van der Waals surface area contributed by atoms with Gasteiger partial charge in [-0.15, -0.1) is 0 Å². The number of nitrogens with zero attached hydrogens (tertiary/aromatic N) is 1. The van der Waals surface area contributed by atoms with Gasteiger partial charge in [-0.05, 0) is 38.2 Å². The van der Waals surface area contributed by atoms with Crippen molar-refractivity contribution < 1.29 is 0 Å². The van der Waals surface area contributed by atoms with Crippen LogP contribution in [0.1, 0.15) is 6.42 Å². The van der Waals surface area contributed by atoms with Crippen molar-refractivity contribution in [1.82, 2.24) is 5.32 Å². The van der Waals surface area contributed by atoms with Crippen molar-refractivity contribution in [3.63, 3.8) is 0 Å². The standard InChI is InChI=1S/C11H20N4/c1-14-6-3-7-15(2)9-4-5-10(12)11(13)8-9/h4-5,8,14H,3,6-7,12-13H2,1-2H3. The lowest BCUT2D eigenvalue weighted by molar-refractivity contribution is 0.713. The van der Waals surface area contributed by atoms with E-state index in [1.807, 2.05) is 25.2 Å². The van der Waals surface area contributed by atoms with Crippen LogP contribution in [-0.2, 0) is 0 Å². The van der Waals surface area contributed by atoms with Crippen LogP contribution in [0.2, 0.25) is 0 Å². The topological polar surface area (TPSA) is 67.3 Å². The Kier molecular flexibility index (Phi) is 4.24. The molecule has 1 rings (SSSR count). The molecule has 0 heterocycles. The summed E-state index contributed by atoms with van der Waals surface area (Å²) in [5.41, 5.74) is 13.8. The van der Waals surface area contributed by atoms with E-state index in [-0.39, 0.29) is 0 Å². The minimum Gasteiger partial charge on any atom is -0.397 e. The quantitative estimate of drug-likeness (QED) is 0.497. The lowest BCUT2D eigenvalue weighted by Gasteiger charge is -2.19. The molecule has 0 spiro atoms. The second kappa shape index (κ2) is 5.46. The molecule has 0 radical (unpaired) electrons. The summed E-state index contributed by atoms with van der Waals surface area (Å²) in [5, 5.41) is 3.12. The fourth-order valence-corrected chi connectivity index (χ4v) is 1.42. The van der Waals surface area contributed by atoms with Gasteiger partial charge in [0.2, 0.25) is 0 Å². The van der Waals surface area contributed by atoms with Crippen LogP contribution >= 0.6 is 0 Å². The first-order valence-electron chi connectivity index (χ1n) is 5.16. The Labute approximate surface area is 91.2 Å². The molecule has 0 bridgehead atoms. The van der Waals surface area contributed by atoms with Crippen molar-refractivity contribution in [2.45, 2.75) is 6.42 Å². The SMILES string of the molecule is CNCCCN(C)c1ccc(N)c(N)c1. The van der Waals surface area contributed by atoms with Crippen LogP contribution < -0.4 is 21.7 Å². The van der Waals surface area contributed by atoms with Gasteiger partial charge in [-0.3, -0.25) is 0 Å². The molecule has 4 nitrogen and oxygen atoms in total. The fourth-order valence-electron chi connectivity index (χ4n) is 1.42. The monoisotopic (exact) mass is 208 g/mol. The van der Waals surface area contributed by atoms with Crippen molar-refractivity contribution in [2.75, 3.05) is 43.6 Å². The van der Waals surface area contributed by atoms with E-state index in [1.165, 1.54) is 0 Å². The molecule has 0 aliphatic heterocycles. The van der Waals surface area contributed by atoms with Crippen molar-refractivity contribution in [2.24, 2.45) is 0 Å². The summed E-state index contributed by atoms with van der Waals surface area (Å²) < 4.78 is 0. The average molecular weight is 208 g/mol. The van der Waals surface area contributed by atoms with Crippen LogP contribution in [0.3, 0.4) is 0 Å². The van der Waals surface area contributed by atoms with E-state index in [0.29, 0.717) is 11.4 Å².